The highest BCUT2D eigenvalue weighted by Gasteiger charge is 2.19. The van der Waals surface area contributed by atoms with Gasteiger partial charge in [0.1, 0.15) is 0 Å². The highest BCUT2D eigenvalue weighted by molar-refractivity contribution is 7.91. The predicted octanol–water partition coefficient (Wildman–Crippen LogP) is 1.95. The van der Waals surface area contributed by atoms with E-state index in [1.807, 2.05) is 12.1 Å². The van der Waals surface area contributed by atoms with Gasteiger partial charge in [-0.15, -0.1) is 0 Å². The van der Waals surface area contributed by atoms with Crippen LogP contribution < -0.4 is 10.2 Å². The van der Waals surface area contributed by atoms with Crippen molar-refractivity contribution in [3.8, 4) is 0 Å². The van der Waals surface area contributed by atoms with Gasteiger partial charge in [0.15, 0.2) is 5.65 Å². The molecule has 0 atom stereocenters. The maximum Gasteiger partial charge on any atom is 0.253 e. The smallest absolute Gasteiger partial charge is 0.253 e. The first kappa shape index (κ1) is 22.0. The molecule has 1 saturated heterocycles. The van der Waals surface area contributed by atoms with Crippen LogP contribution in [0.4, 0.5) is 5.69 Å². The van der Waals surface area contributed by atoms with E-state index in [9.17, 15) is 13.2 Å². The summed E-state index contributed by atoms with van der Waals surface area (Å²) in [6, 6.07) is 11.6. The van der Waals surface area contributed by atoms with Crippen LogP contribution >= 0.6 is 0 Å². The van der Waals surface area contributed by atoms with Gasteiger partial charge >= 0.3 is 0 Å². The zero-order valence-electron chi connectivity index (χ0n) is 18.1. The summed E-state index contributed by atoms with van der Waals surface area (Å²) in [6.45, 7) is 3.03. The number of amides is 1. The summed E-state index contributed by atoms with van der Waals surface area (Å²) in [6.07, 6.45) is 4.37. The molecule has 0 bridgehead atoms. The SMILES string of the molecule is O=C(NCc1ccc(S(=O)(=O)c2ccc(N3CCOCC3)cc2)cn1)c1cnc2[nH]ncc2c1. The molecule has 5 rings (SSSR count). The van der Waals surface area contributed by atoms with Crippen LogP contribution in [0.15, 0.2) is 70.8 Å². The number of fused-ring (bicyclic) bond motifs is 1. The van der Waals surface area contributed by atoms with E-state index < -0.39 is 9.84 Å². The minimum atomic E-state index is -3.70. The fraction of sp³-hybridized carbons (Fsp3) is 0.217. The molecule has 1 fully saturated rings. The quantitative estimate of drug-likeness (QED) is 0.430. The van der Waals surface area contributed by atoms with E-state index in [0.717, 1.165) is 24.2 Å². The monoisotopic (exact) mass is 478 g/mol. The van der Waals surface area contributed by atoms with Crippen molar-refractivity contribution in [2.75, 3.05) is 31.2 Å². The molecule has 0 aliphatic carbocycles. The zero-order chi connectivity index (χ0) is 23.5. The molecule has 2 N–H and O–H groups in total. The number of carbonyl (C=O) groups is 1. The van der Waals surface area contributed by atoms with Crippen LogP contribution in [0.25, 0.3) is 11.0 Å². The van der Waals surface area contributed by atoms with Gasteiger partial charge in [-0.2, -0.15) is 5.10 Å². The highest BCUT2D eigenvalue weighted by atomic mass is 32.2. The molecule has 1 aliphatic rings. The Labute approximate surface area is 195 Å². The lowest BCUT2D eigenvalue weighted by Gasteiger charge is -2.28. The van der Waals surface area contributed by atoms with Crippen molar-refractivity contribution >= 4 is 32.5 Å². The number of morpholine rings is 1. The standard InChI is InChI=1S/C23H22N6O4S/c30-23(17-11-16-13-27-28-22(16)25-12-17)26-14-18-1-4-21(15-24-18)34(31,32)20-5-2-19(3-6-20)29-7-9-33-10-8-29/h1-6,11-13,15H,7-10,14H2,(H,26,30)(H,25,27,28). The highest BCUT2D eigenvalue weighted by Crippen LogP contribution is 2.24. The van der Waals surface area contributed by atoms with Gasteiger partial charge in [-0.25, -0.2) is 13.4 Å². The lowest BCUT2D eigenvalue weighted by molar-refractivity contribution is 0.0950. The first-order chi connectivity index (χ1) is 16.5. The first-order valence-corrected chi connectivity index (χ1v) is 12.2. The number of nitrogens with one attached hydrogen (secondary N) is 2. The minimum absolute atomic E-state index is 0.0938. The van der Waals surface area contributed by atoms with Crippen molar-refractivity contribution in [3.05, 3.63) is 72.3 Å². The second-order valence-electron chi connectivity index (χ2n) is 7.80. The Bertz CT molecular complexity index is 1410. The third kappa shape index (κ3) is 4.47. The van der Waals surface area contributed by atoms with E-state index in [1.54, 1.807) is 30.5 Å². The van der Waals surface area contributed by atoms with Crippen molar-refractivity contribution in [1.82, 2.24) is 25.5 Å². The molecule has 34 heavy (non-hydrogen) atoms. The lowest BCUT2D eigenvalue weighted by Crippen LogP contribution is -2.36. The van der Waals surface area contributed by atoms with Gasteiger partial charge in [0.25, 0.3) is 5.91 Å². The number of anilines is 1. The summed E-state index contributed by atoms with van der Waals surface area (Å²) in [5.74, 6) is -0.311. The van der Waals surface area contributed by atoms with Crippen LogP contribution in [0.5, 0.6) is 0 Å². The van der Waals surface area contributed by atoms with Crippen molar-refractivity contribution in [3.63, 3.8) is 0 Å². The first-order valence-electron chi connectivity index (χ1n) is 10.7. The maximum absolute atomic E-state index is 13.0. The Morgan fingerprint density at radius 2 is 1.76 bits per heavy atom. The van der Waals surface area contributed by atoms with E-state index in [4.69, 9.17) is 4.74 Å². The van der Waals surface area contributed by atoms with Crippen LogP contribution in [0, 0.1) is 0 Å². The average Bonchev–Trinajstić information content (AvgIpc) is 3.36. The number of carbonyl (C=O) groups excluding carboxylic acids is 1. The molecule has 174 valence electrons. The largest absolute Gasteiger partial charge is 0.378 e. The summed E-state index contributed by atoms with van der Waals surface area (Å²) in [4.78, 5) is 23.2. The number of ether oxygens (including phenoxy) is 1. The van der Waals surface area contributed by atoms with Gasteiger partial charge in [0, 0.05) is 36.6 Å². The molecular formula is C23H22N6O4S. The molecule has 10 nitrogen and oxygen atoms in total. The average molecular weight is 479 g/mol. The Kier molecular flexibility index (Phi) is 5.95. The van der Waals surface area contributed by atoms with Gasteiger partial charge in [-0.3, -0.25) is 14.9 Å². The van der Waals surface area contributed by atoms with Crippen LogP contribution in [-0.4, -0.2) is 60.8 Å². The number of hydrogen-bond donors (Lipinski definition) is 2. The zero-order valence-corrected chi connectivity index (χ0v) is 19.0. The van der Waals surface area contributed by atoms with Gasteiger partial charge in [0.2, 0.25) is 9.84 Å². The maximum atomic E-state index is 13.0. The summed E-state index contributed by atoms with van der Waals surface area (Å²) < 4.78 is 31.4. The van der Waals surface area contributed by atoms with E-state index >= 15 is 0 Å². The summed E-state index contributed by atoms with van der Waals surface area (Å²) in [7, 11) is -3.70. The lowest BCUT2D eigenvalue weighted by atomic mass is 10.2. The molecule has 0 radical (unpaired) electrons. The second kappa shape index (κ2) is 9.20. The van der Waals surface area contributed by atoms with Gasteiger partial charge in [0.05, 0.1) is 47.0 Å². The van der Waals surface area contributed by atoms with Crippen molar-refractivity contribution < 1.29 is 17.9 Å². The number of nitrogens with zero attached hydrogens (tertiary/aromatic N) is 4. The number of rotatable bonds is 6. The number of hydrogen-bond acceptors (Lipinski definition) is 8. The van der Waals surface area contributed by atoms with Gasteiger partial charge in [-0.1, -0.05) is 0 Å². The van der Waals surface area contributed by atoms with Crippen LogP contribution in [0.1, 0.15) is 16.1 Å². The number of sulfone groups is 1. The molecule has 0 spiro atoms. The third-order valence-electron chi connectivity index (χ3n) is 5.61. The molecule has 1 aromatic carbocycles. The van der Waals surface area contributed by atoms with Crippen LogP contribution in [-0.2, 0) is 21.1 Å². The Balaban J connectivity index is 1.24. The Morgan fingerprint density at radius 1 is 1.00 bits per heavy atom. The van der Waals surface area contributed by atoms with Gasteiger partial charge < -0.3 is 15.0 Å². The molecule has 4 aromatic rings. The number of aromatic amines is 1. The van der Waals surface area contributed by atoms with Crippen molar-refractivity contribution in [1.29, 1.82) is 0 Å². The molecule has 1 aliphatic heterocycles. The number of benzene rings is 1. The molecule has 4 heterocycles. The normalized spacial score (nSPS) is 14.3. The molecule has 1 amide bonds. The molecule has 0 unspecified atom stereocenters. The number of pyridine rings is 2. The van der Waals surface area contributed by atoms with Gasteiger partial charge in [-0.05, 0) is 42.5 Å². The minimum Gasteiger partial charge on any atom is -0.378 e. The van der Waals surface area contributed by atoms with E-state index in [0.29, 0.717) is 30.1 Å². The number of H-pyrrole nitrogens is 1. The second-order valence-corrected chi connectivity index (χ2v) is 9.75. The Hall–Kier alpha value is -3.83. The predicted molar refractivity (Wildman–Crippen MR) is 124 cm³/mol. The van der Waals surface area contributed by atoms with E-state index in [1.165, 1.54) is 18.5 Å². The van der Waals surface area contributed by atoms with E-state index in [2.05, 4.69) is 30.4 Å². The summed E-state index contributed by atoms with van der Waals surface area (Å²) >= 11 is 0. The fourth-order valence-electron chi connectivity index (χ4n) is 3.70. The topological polar surface area (TPSA) is 130 Å². The fourth-order valence-corrected chi connectivity index (χ4v) is 4.91. The molecule has 0 saturated carbocycles. The van der Waals surface area contributed by atoms with Crippen LogP contribution in [0.2, 0.25) is 0 Å². The molecule has 3 aromatic heterocycles. The third-order valence-corrected chi connectivity index (χ3v) is 7.37. The van der Waals surface area contributed by atoms with E-state index in [-0.39, 0.29) is 22.2 Å². The summed E-state index contributed by atoms with van der Waals surface area (Å²) in [5.41, 5.74) is 2.50. The van der Waals surface area contributed by atoms with Crippen LogP contribution in [0.3, 0.4) is 0 Å². The van der Waals surface area contributed by atoms with Crippen molar-refractivity contribution in [2.24, 2.45) is 0 Å². The van der Waals surface area contributed by atoms with Crippen molar-refractivity contribution in [2.45, 2.75) is 16.3 Å². The number of aromatic nitrogens is 4. The molecular weight excluding hydrogens is 456 g/mol. The summed E-state index contributed by atoms with van der Waals surface area (Å²) in [5, 5.41) is 10.1. The Morgan fingerprint density at radius 3 is 2.50 bits per heavy atom. The molecule has 11 heteroatoms.